The highest BCUT2D eigenvalue weighted by Gasteiger charge is 2.23. The number of piperazine rings is 1. The van der Waals surface area contributed by atoms with Crippen molar-refractivity contribution in [1.82, 2.24) is 9.80 Å². The Kier molecular flexibility index (Phi) is 8.54. The van der Waals surface area contributed by atoms with Crippen LogP contribution in [-0.4, -0.2) is 53.7 Å². The number of carbonyl (C=O) groups excluding carboxylic acids is 3. The van der Waals surface area contributed by atoms with Crippen molar-refractivity contribution in [1.29, 1.82) is 0 Å². The normalized spacial score (nSPS) is 13.9. The lowest BCUT2D eigenvalue weighted by molar-refractivity contribution is -0.130. The van der Waals surface area contributed by atoms with Crippen LogP contribution in [0.4, 0.5) is 11.4 Å². The van der Waals surface area contributed by atoms with Crippen molar-refractivity contribution in [2.75, 3.05) is 36.8 Å². The molecule has 0 saturated carbocycles. The quantitative estimate of drug-likeness (QED) is 0.391. The fourth-order valence-corrected chi connectivity index (χ4v) is 5.37. The third kappa shape index (κ3) is 6.38. The second-order valence-electron chi connectivity index (χ2n) is 8.29. The van der Waals surface area contributed by atoms with Crippen molar-refractivity contribution in [3.8, 4) is 0 Å². The summed E-state index contributed by atoms with van der Waals surface area (Å²) in [6.07, 6.45) is 0. The molecule has 2 N–H and O–H groups in total. The SMILES string of the molecule is CC(=O)N1CCN(Cc2csc(C(=O)Nc3ccc(Cl)cc3C(=O)Nc3ccc(Cl)cc3)c2Cl)CC1. The Morgan fingerprint density at radius 1 is 0.889 bits per heavy atom. The van der Waals surface area contributed by atoms with Crippen LogP contribution in [0.25, 0.3) is 0 Å². The summed E-state index contributed by atoms with van der Waals surface area (Å²) in [6, 6.07) is 11.3. The van der Waals surface area contributed by atoms with Crippen LogP contribution < -0.4 is 10.6 Å². The maximum Gasteiger partial charge on any atom is 0.267 e. The number of carbonyl (C=O) groups is 3. The standard InChI is InChI=1S/C25H23Cl3N4O3S/c1-15(33)32-10-8-31(9-11-32)13-16-14-36-23(22(16)28)25(35)30-21-7-4-18(27)12-20(21)24(34)29-19-5-2-17(26)3-6-19/h2-7,12,14H,8-11,13H2,1H3,(H,29,34)(H,30,35). The average Bonchev–Trinajstić information content (AvgIpc) is 3.21. The molecule has 0 atom stereocenters. The van der Waals surface area contributed by atoms with Crippen molar-refractivity contribution in [3.63, 3.8) is 0 Å². The van der Waals surface area contributed by atoms with Crippen molar-refractivity contribution in [2.45, 2.75) is 13.5 Å². The van der Waals surface area contributed by atoms with Crippen LogP contribution in [0, 0.1) is 0 Å². The first-order valence-corrected chi connectivity index (χ1v) is 13.1. The first kappa shape index (κ1) is 26.4. The van der Waals surface area contributed by atoms with Gasteiger partial charge in [-0.25, -0.2) is 0 Å². The van der Waals surface area contributed by atoms with Gasteiger partial charge in [0.1, 0.15) is 4.88 Å². The third-order valence-electron chi connectivity index (χ3n) is 5.79. The molecule has 0 spiro atoms. The Bertz CT molecular complexity index is 1290. The zero-order valence-electron chi connectivity index (χ0n) is 19.3. The lowest BCUT2D eigenvalue weighted by atomic mass is 10.1. The molecule has 36 heavy (non-hydrogen) atoms. The molecular formula is C25H23Cl3N4O3S. The summed E-state index contributed by atoms with van der Waals surface area (Å²) in [6.45, 7) is 4.98. The maximum absolute atomic E-state index is 13.1. The summed E-state index contributed by atoms with van der Waals surface area (Å²) in [5.41, 5.74) is 1.92. The fraction of sp³-hybridized carbons (Fsp3) is 0.240. The number of nitrogens with one attached hydrogen (secondary N) is 2. The lowest BCUT2D eigenvalue weighted by Crippen LogP contribution is -2.47. The van der Waals surface area contributed by atoms with E-state index in [0.29, 0.717) is 51.0 Å². The van der Waals surface area contributed by atoms with Crippen LogP contribution in [0.15, 0.2) is 47.8 Å². The van der Waals surface area contributed by atoms with E-state index >= 15 is 0 Å². The van der Waals surface area contributed by atoms with E-state index in [1.807, 2.05) is 10.3 Å². The molecule has 0 aliphatic carbocycles. The Morgan fingerprint density at radius 3 is 2.22 bits per heavy atom. The number of thiophene rings is 1. The Morgan fingerprint density at radius 2 is 1.56 bits per heavy atom. The van der Waals surface area contributed by atoms with Gasteiger partial charge in [-0.2, -0.15) is 0 Å². The highest BCUT2D eigenvalue weighted by Crippen LogP contribution is 2.31. The molecule has 188 valence electrons. The molecule has 7 nitrogen and oxygen atoms in total. The first-order chi connectivity index (χ1) is 17.2. The molecule has 0 radical (unpaired) electrons. The van der Waals surface area contributed by atoms with Gasteiger partial charge >= 0.3 is 0 Å². The van der Waals surface area contributed by atoms with Crippen LogP contribution in [0.5, 0.6) is 0 Å². The number of halogens is 3. The molecule has 1 aliphatic rings. The number of benzene rings is 2. The van der Waals surface area contributed by atoms with E-state index in [-0.39, 0.29) is 11.5 Å². The summed E-state index contributed by atoms with van der Waals surface area (Å²) in [5, 5.41) is 8.73. The minimum atomic E-state index is -0.433. The Balaban J connectivity index is 1.45. The molecule has 3 amide bonds. The van der Waals surface area contributed by atoms with E-state index in [1.165, 1.54) is 17.4 Å². The van der Waals surface area contributed by atoms with E-state index in [2.05, 4.69) is 15.5 Å². The zero-order valence-corrected chi connectivity index (χ0v) is 22.4. The number of rotatable bonds is 6. The molecule has 2 aromatic carbocycles. The topological polar surface area (TPSA) is 81.8 Å². The van der Waals surface area contributed by atoms with E-state index < -0.39 is 11.8 Å². The molecule has 0 bridgehead atoms. The van der Waals surface area contributed by atoms with Gasteiger partial charge in [0.25, 0.3) is 11.8 Å². The van der Waals surface area contributed by atoms with Gasteiger partial charge in [-0.15, -0.1) is 11.3 Å². The van der Waals surface area contributed by atoms with Crippen molar-refractivity contribution >= 4 is 75.2 Å². The predicted octanol–water partition coefficient (Wildman–Crippen LogP) is 5.88. The molecule has 0 unspecified atom stereocenters. The second-order valence-corrected chi connectivity index (χ2v) is 10.4. The molecule has 11 heteroatoms. The van der Waals surface area contributed by atoms with Crippen LogP contribution in [-0.2, 0) is 11.3 Å². The lowest BCUT2D eigenvalue weighted by Gasteiger charge is -2.34. The summed E-state index contributed by atoms with van der Waals surface area (Å²) in [4.78, 5) is 41.9. The molecule has 1 saturated heterocycles. The maximum atomic E-state index is 13.1. The number of nitrogens with zero attached hydrogens (tertiary/aromatic N) is 2. The molecule has 4 rings (SSSR count). The molecule has 1 aliphatic heterocycles. The van der Waals surface area contributed by atoms with E-state index in [9.17, 15) is 14.4 Å². The van der Waals surface area contributed by atoms with Crippen molar-refractivity contribution in [2.24, 2.45) is 0 Å². The molecule has 2 heterocycles. The van der Waals surface area contributed by atoms with Gasteiger partial charge in [0, 0.05) is 55.4 Å². The predicted molar refractivity (Wildman–Crippen MR) is 146 cm³/mol. The van der Waals surface area contributed by atoms with Gasteiger partial charge in [-0.05, 0) is 53.4 Å². The fourth-order valence-electron chi connectivity index (χ4n) is 3.83. The largest absolute Gasteiger partial charge is 0.340 e. The molecular weight excluding hydrogens is 543 g/mol. The van der Waals surface area contributed by atoms with Crippen LogP contribution in [0.3, 0.4) is 0 Å². The van der Waals surface area contributed by atoms with Crippen LogP contribution in [0.2, 0.25) is 15.1 Å². The summed E-state index contributed by atoms with van der Waals surface area (Å²) >= 11 is 19.9. The highest BCUT2D eigenvalue weighted by atomic mass is 35.5. The Hall–Kier alpha value is -2.62. The van der Waals surface area contributed by atoms with Gasteiger partial charge < -0.3 is 15.5 Å². The van der Waals surface area contributed by atoms with E-state index in [4.69, 9.17) is 34.8 Å². The minimum absolute atomic E-state index is 0.0746. The van der Waals surface area contributed by atoms with Crippen LogP contribution in [0.1, 0.15) is 32.5 Å². The second kappa shape index (κ2) is 11.6. The number of hydrogen-bond donors (Lipinski definition) is 2. The van der Waals surface area contributed by atoms with Crippen LogP contribution >= 0.6 is 46.1 Å². The van der Waals surface area contributed by atoms with Gasteiger partial charge in [-0.1, -0.05) is 34.8 Å². The zero-order chi connectivity index (χ0) is 25.8. The third-order valence-corrected chi connectivity index (χ3v) is 7.85. The van der Waals surface area contributed by atoms with Gasteiger partial charge in [0.2, 0.25) is 5.91 Å². The van der Waals surface area contributed by atoms with Crippen molar-refractivity contribution in [3.05, 3.63) is 78.9 Å². The summed E-state index contributed by atoms with van der Waals surface area (Å²) < 4.78 is 0. The highest BCUT2D eigenvalue weighted by molar-refractivity contribution is 7.13. The van der Waals surface area contributed by atoms with E-state index in [1.54, 1.807) is 43.3 Å². The number of anilines is 2. The molecule has 1 aromatic heterocycles. The van der Waals surface area contributed by atoms with Gasteiger partial charge in [0.05, 0.1) is 16.3 Å². The Labute approximate surface area is 227 Å². The monoisotopic (exact) mass is 564 g/mol. The summed E-state index contributed by atoms with van der Waals surface area (Å²) in [5.74, 6) is -0.774. The van der Waals surface area contributed by atoms with Crippen molar-refractivity contribution < 1.29 is 14.4 Å². The number of amides is 3. The average molecular weight is 566 g/mol. The van der Waals surface area contributed by atoms with E-state index in [0.717, 1.165) is 18.7 Å². The molecule has 1 fully saturated rings. The molecule has 3 aromatic rings. The summed E-state index contributed by atoms with van der Waals surface area (Å²) in [7, 11) is 0. The minimum Gasteiger partial charge on any atom is -0.340 e. The smallest absolute Gasteiger partial charge is 0.267 e. The van der Waals surface area contributed by atoms with Gasteiger partial charge in [0.15, 0.2) is 0 Å². The van der Waals surface area contributed by atoms with Gasteiger partial charge in [-0.3, -0.25) is 19.3 Å². The number of hydrogen-bond acceptors (Lipinski definition) is 5. The first-order valence-electron chi connectivity index (χ1n) is 11.1.